The van der Waals surface area contributed by atoms with Crippen LogP contribution in [0.25, 0.3) is 0 Å². The van der Waals surface area contributed by atoms with E-state index in [1.807, 2.05) is 0 Å². The van der Waals surface area contributed by atoms with Crippen LogP contribution in [0.15, 0.2) is 0 Å². The van der Waals surface area contributed by atoms with Crippen molar-refractivity contribution >= 4 is 17.2 Å². The van der Waals surface area contributed by atoms with Crippen LogP contribution in [0.2, 0.25) is 0 Å². The number of hydrogen-bond acceptors (Lipinski definition) is 8. The molecule has 6 atom stereocenters. The molecule has 5 N–H and O–H groups in total. The highest BCUT2D eigenvalue weighted by atomic mass is 32.2. The summed E-state index contributed by atoms with van der Waals surface area (Å²) in [4.78, 5) is 13.5. The number of aliphatic hydroxyl groups excluding tert-OH is 4. The van der Waals surface area contributed by atoms with Crippen molar-refractivity contribution in [3.8, 4) is 0 Å². The van der Waals surface area contributed by atoms with Crippen LogP contribution in [0.4, 0.5) is 0 Å². The van der Waals surface area contributed by atoms with Crippen LogP contribution in [0.5, 0.6) is 0 Å². The lowest BCUT2D eigenvalue weighted by Gasteiger charge is -2.39. The average molecular weight is 370 g/mol. The molecule has 2 rings (SSSR count). The van der Waals surface area contributed by atoms with Crippen molar-refractivity contribution in [1.29, 1.82) is 0 Å². The maximum Gasteiger partial charge on any atom is 0.248 e. The van der Waals surface area contributed by atoms with E-state index in [9.17, 15) is 24.3 Å². The zero-order valence-corrected chi connectivity index (χ0v) is 13.6. The molecule has 2 aliphatic heterocycles. The molecule has 2 aliphatic rings. The van der Waals surface area contributed by atoms with E-state index < -0.39 is 61.1 Å². The van der Waals surface area contributed by atoms with E-state index in [-0.39, 0.29) is 26.2 Å². The number of amides is 1. The van der Waals surface area contributed by atoms with Gasteiger partial charge in [0.05, 0.1) is 6.61 Å². The van der Waals surface area contributed by atoms with Crippen molar-refractivity contribution < 1.29 is 43.5 Å². The average Bonchev–Trinajstić information content (AvgIpc) is 2.59. The summed E-state index contributed by atoms with van der Waals surface area (Å²) in [5.41, 5.74) is 0. The predicted molar refractivity (Wildman–Crippen MR) is 78.6 cm³/mol. The lowest BCUT2D eigenvalue weighted by molar-refractivity contribution is -0.299. The fourth-order valence-corrected chi connectivity index (χ4v) is 3.02. The molecule has 0 aromatic heterocycles. The van der Waals surface area contributed by atoms with Gasteiger partial charge in [-0.2, -0.15) is 4.31 Å². The summed E-state index contributed by atoms with van der Waals surface area (Å²) < 4.78 is 31.5. The first-order valence-electron chi connectivity index (χ1n) is 7.41. The molecular formula is C12H22N2O9S. The Labute approximate surface area is 140 Å². The molecule has 2 heterocycles. The fraction of sp³-hybridized carbons (Fsp3) is 0.917. The van der Waals surface area contributed by atoms with Crippen LogP contribution >= 0.6 is 0 Å². The second-order valence-corrected chi connectivity index (χ2v) is 6.53. The smallest absolute Gasteiger partial charge is 0.248 e. The van der Waals surface area contributed by atoms with Gasteiger partial charge in [-0.25, -0.2) is 4.21 Å². The van der Waals surface area contributed by atoms with Gasteiger partial charge in [-0.05, 0) is 0 Å². The van der Waals surface area contributed by atoms with E-state index in [4.69, 9.17) is 19.1 Å². The van der Waals surface area contributed by atoms with Gasteiger partial charge in [-0.3, -0.25) is 9.35 Å². The topological polar surface area (TPSA) is 160 Å². The van der Waals surface area contributed by atoms with Crippen molar-refractivity contribution in [3.05, 3.63) is 0 Å². The molecule has 6 unspecified atom stereocenters. The highest BCUT2D eigenvalue weighted by molar-refractivity contribution is 7.76. The van der Waals surface area contributed by atoms with E-state index in [1.165, 1.54) is 9.21 Å². The number of rotatable bonds is 5. The Hall–Kier alpha value is -0.700. The second-order valence-electron chi connectivity index (χ2n) is 5.55. The number of carbonyl (C=O) groups is 1. The summed E-state index contributed by atoms with van der Waals surface area (Å²) in [6.45, 7) is -0.0277. The van der Waals surface area contributed by atoms with Gasteiger partial charge in [0.15, 0.2) is 6.29 Å². The molecule has 11 nitrogen and oxygen atoms in total. The molecule has 1 amide bonds. The van der Waals surface area contributed by atoms with E-state index in [0.717, 1.165) is 0 Å². The molecule has 0 saturated carbocycles. The third kappa shape index (κ3) is 4.47. The third-order valence-electron chi connectivity index (χ3n) is 4.03. The Balaban J connectivity index is 1.82. The van der Waals surface area contributed by atoms with Crippen molar-refractivity contribution in [3.63, 3.8) is 0 Å². The maximum absolute atomic E-state index is 12.1. The number of ether oxygens (including phenoxy) is 2. The van der Waals surface area contributed by atoms with Gasteiger partial charge in [0.25, 0.3) is 0 Å². The van der Waals surface area contributed by atoms with Crippen molar-refractivity contribution in [2.45, 2.75) is 30.7 Å². The Morgan fingerprint density at radius 2 is 1.75 bits per heavy atom. The molecule has 140 valence electrons. The molecule has 0 aliphatic carbocycles. The van der Waals surface area contributed by atoms with E-state index in [0.29, 0.717) is 0 Å². The normalized spacial score (nSPS) is 36.5. The van der Waals surface area contributed by atoms with Crippen molar-refractivity contribution in [1.82, 2.24) is 9.21 Å². The molecular weight excluding hydrogens is 348 g/mol. The maximum atomic E-state index is 12.1. The highest BCUT2D eigenvalue weighted by Gasteiger charge is 2.44. The summed E-state index contributed by atoms with van der Waals surface area (Å²) in [6, 6.07) is 0. The van der Waals surface area contributed by atoms with Gasteiger partial charge >= 0.3 is 0 Å². The zero-order chi connectivity index (χ0) is 17.9. The summed E-state index contributed by atoms with van der Waals surface area (Å²) >= 11 is -2.07. The minimum atomic E-state index is -2.07. The molecule has 2 fully saturated rings. The van der Waals surface area contributed by atoms with Gasteiger partial charge in [0.1, 0.15) is 31.0 Å². The van der Waals surface area contributed by atoms with Gasteiger partial charge in [0, 0.05) is 26.2 Å². The number of nitrogens with zero attached hydrogens (tertiary/aromatic N) is 2. The molecule has 2 saturated heterocycles. The SMILES string of the molecule is O=C(COC1OC(CO)C(O)C(O)C1O)N1CCN(S(=O)O)CC1. The fourth-order valence-electron chi connectivity index (χ4n) is 2.54. The first-order valence-corrected chi connectivity index (χ1v) is 8.47. The number of hydrogen-bond donors (Lipinski definition) is 5. The second kappa shape index (κ2) is 8.60. The van der Waals surface area contributed by atoms with Gasteiger partial charge in [-0.1, -0.05) is 0 Å². The van der Waals surface area contributed by atoms with Crippen molar-refractivity contribution in [2.75, 3.05) is 39.4 Å². The summed E-state index contributed by atoms with van der Waals surface area (Å²) in [6.07, 6.45) is -7.10. The lowest BCUT2D eigenvalue weighted by atomic mass is 9.99. The molecule has 0 spiro atoms. The largest absolute Gasteiger partial charge is 0.394 e. The van der Waals surface area contributed by atoms with E-state index in [1.54, 1.807) is 0 Å². The van der Waals surface area contributed by atoms with Crippen LogP contribution in [-0.2, 0) is 25.5 Å². The van der Waals surface area contributed by atoms with Crippen molar-refractivity contribution in [2.24, 2.45) is 0 Å². The van der Waals surface area contributed by atoms with Crippen LogP contribution in [0.1, 0.15) is 0 Å². The van der Waals surface area contributed by atoms with Crippen LogP contribution in [0.3, 0.4) is 0 Å². The van der Waals surface area contributed by atoms with Crippen LogP contribution < -0.4 is 0 Å². The van der Waals surface area contributed by atoms with E-state index in [2.05, 4.69) is 0 Å². The minimum absolute atomic E-state index is 0.245. The minimum Gasteiger partial charge on any atom is -0.394 e. The van der Waals surface area contributed by atoms with Gasteiger partial charge in [0.2, 0.25) is 17.2 Å². The van der Waals surface area contributed by atoms with Crippen LogP contribution in [0, 0.1) is 0 Å². The molecule has 0 aromatic carbocycles. The standard InChI is InChI=1S/C12H22N2O9S/c15-5-7-9(17)10(18)11(19)12(23-7)22-6-8(16)13-1-3-14(4-2-13)24(20)21/h7,9-12,15,17-19H,1-6H2,(H,20,21). The quantitative estimate of drug-likeness (QED) is 0.305. The first kappa shape index (κ1) is 19.6. The van der Waals surface area contributed by atoms with E-state index >= 15 is 0 Å². The first-order chi connectivity index (χ1) is 11.3. The Morgan fingerprint density at radius 3 is 2.29 bits per heavy atom. The zero-order valence-electron chi connectivity index (χ0n) is 12.8. The molecule has 24 heavy (non-hydrogen) atoms. The number of carbonyl (C=O) groups excluding carboxylic acids is 1. The summed E-state index contributed by atoms with van der Waals surface area (Å²) in [7, 11) is 0. The molecule has 0 bridgehead atoms. The third-order valence-corrected chi connectivity index (χ3v) is 4.84. The van der Waals surface area contributed by atoms with Gasteiger partial charge < -0.3 is 34.8 Å². The van der Waals surface area contributed by atoms with Crippen LogP contribution in [-0.4, -0.2) is 114 Å². The lowest BCUT2D eigenvalue weighted by Crippen LogP contribution is -2.59. The Kier molecular flexibility index (Phi) is 7.03. The summed E-state index contributed by atoms with van der Waals surface area (Å²) in [5.74, 6) is -0.407. The number of aliphatic hydroxyl groups is 4. The molecule has 12 heteroatoms. The number of piperazine rings is 1. The Bertz CT molecular complexity index is 458. The van der Waals surface area contributed by atoms with Gasteiger partial charge in [-0.15, -0.1) is 0 Å². The monoisotopic (exact) mass is 370 g/mol. The Morgan fingerprint density at radius 1 is 1.12 bits per heavy atom. The highest BCUT2D eigenvalue weighted by Crippen LogP contribution is 2.22. The summed E-state index contributed by atoms with van der Waals surface area (Å²) in [5, 5.41) is 38.2. The predicted octanol–water partition coefficient (Wildman–Crippen LogP) is -3.92. The molecule has 0 radical (unpaired) electrons. The molecule has 0 aromatic rings.